The molecule has 6 nitrogen and oxygen atoms in total. The number of rotatable bonds is 11. The molecule has 3 atom stereocenters. The molecule has 128 valence electrons. The zero-order valence-corrected chi connectivity index (χ0v) is 13.9. The van der Waals surface area contributed by atoms with Crippen LogP contribution in [0.5, 0.6) is 0 Å². The Balaban J connectivity index is 2.53. The number of carboxylic acid groups (broad SMARTS) is 2. The predicted molar refractivity (Wildman–Crippen MR) is 87.0 cm³/mol. The van der Waals surface area contributed by atoms with E-state index in [-0.39, 0.29) is 12.8 Å². The van der Waals surface area contributed by atoms with E-state index in [0.29, 0.717) is 12.8 Å². The van der Waals surface area contributed by atoms with Crippen molar-refractivity contribution in [2.24, 2.45) is 5.92 Å². The Hall–Kier alpha value is -1.65. The maximum atomic E-state index is 11.5. The smallest absolute Gasteiger partial charge is 0.307 e. The van der Waals surface area contributed by atoms with Gasteiger partial charge in [0.25, 0.3) is 0 Å². The number of aliphatic carboxylic acids is 2. The number of carbonyl (C=O) groups is 2. The minimum atomic E-state index is -3.03. The summed E-state index contributed by atoms with van der Waals surface area (Å²) in [7, 11) is -3.03. The molecule has 3 N–H and O–H groups in total. The molecule has 1 aromatic rings. The molecule has 0 fully saturated rings. The molecular formula is C16H23O6P. The first-order valence-corrected chi connectivity index (χ1v) is 9.06. The van der Waals surface area contributed by atoms with Crippen LogP contribution in [0.3, 0.4) is 0 Å². The zero-order valence-electron chi connectivity index (χ0n) is 12.9. The molecule has 0 aromatic heterocycles. The molecule has 0 saturated heterocycles. The number of hydrogen-bond acceptors (Lipinski definition) is 3. The first-order chi connectivity index (χ1) is 10.9. The highest BCUT2D eigenvalue weighted by Gasteiger charge is 2.31. The summed E-state index contributed by atoms with van der Waals surface area (Å²) in [6.07, 6.45) is 2.14. The van der Waals surface area contributed by atoms with E-state index < -0.39 is 31.5 Å². The molecule has 0 aliphatic carbocycles. The Morgan fingerprint density at radius 1 is 1.04 bits per heavy atom. The van der Waals surface area contributed by atoms with Crippen LogP contribution in [0.25, 0.3) is 0 Å². The van der Waals surface area contributed by atoms with Crippen molar-refractivity contribution in [1.82, 2.24) is 0 Å². The fourth-order valence-electron chi connectivity index (χ4n) is 2.61. The second kappa shape index (κ2) is 10.2. The summed E-state index contributed by atoms with van der Waals surface area (Å²) in [4.78, 5) is 31.3. The van der Waals surface area contributed by atoms with Gasteiger partial charge in [-0.25, -0.2) is 0 Å². The van der Waals surface area contributed by atoms with Crippen LogP contribution in [-0.2, 0) is 20.6 Å². The van der Waals surface area contributed by atoms with E-state index >= 15 is 0 Å². The number of benzene rings is 1. The van der Waals surface area contributed by atoms with E-state index in [1.54, 1.807) is 0 Å². The van der Waals surface area contributed by atoms with Crippen LogP contribution in [0.15, 0.2) is 30.3 Å². The summed E-state index contributed by atoms with van der Waals surface area (Å²) >= 11 is 0. The van der Waals surface area contributed by atoms with E-state index in [1.165, 1.54) is 5.56 Å². The van der Waals surface area contributed by atoms with Gasteiger partial charge in [-0.2, -0.15) is 0 Å². The summed E-state index contributed by atoms with van der Waals surface area (Å²) in [6.45, 7) is 0. The zero-order chi connectivity index (χ0) is 17.2. The topological polar surface area (TPSA) is 112 Å². The molecule has 0 amide bonds. The van der Waals surface area contributed by atoms with Crippen molar-refractivity contribution in [2.75, 3.05) is 0 Å². The molecule has 3 unspecified atom stereocenters. The molecule has 0 bridgehead atoms. The van der Waals surface area contributed by atoms with Crippen molar-refractivity contribution in [3.63, 3.8) is 0 Å². The quantitative estimate of drug-likeness (QED) is 0.421. The normalized spacial score (nSPS) is 14.8. The lowest BCUT2D eigenvalue weighted by molar-refractivity contribution is -0.143. The largest absolute Gasteiger partial charge is 0.481 e. The molecule has 0 radical (unpaired) electrons. The molecule has 1 rings (SSSR count). The first kappa shape index (κ1) is 19.4. The molecule has 1 aromatic carbocycles. The van der Waals surface area contributed by atoms with Crippen LogP contribution in [0.1, 0.15) is 37.7 Å². The van der Waals surface area contributed by atoms with E-state index in [0.717, 1.165) is 12.8 Å². The van der Waals surface area contributed by atoms with Gasteiger partial charge in [0.05, 0.1) is 5.92 Å². The summed E-state index contributed by atoms with van der Waals surface area (Å²) in [5.41, 5.74) is 0.300. The molecule has 23 heavy (non-hydrogen) atoms. The van der Waals surface area contributed by atoms with Gasteiger partial charge in [-0.3, -0.25) is 14.2 Å². The van der Waals surface area contributed by atoms with Crippen molar-refractivity contribution in [3.8, 4) is 0 Å². The van der Waals surface area contributed by atoms with E-state index in [4.69, 9.17) is 5.11 Å². The fraction of sp³-hybridized carbons (Fsp3) is 0.500. The van der Waals surface area contributed by atoms with Crippen molar-refractivity contribution < 1.29 is 29.3 Å². The van der Waals surface area contributed by atoms with Gasteiger partial charge >= 0.3 is 11.9 Å². The highest BCUT2D eigenvalue weighted by Crippen LogP contribution is 2.35. The van der Waals surface area contributed by atoms with Gasteiger partial charge in [-0.1, -0.05) is 36.8 Å². The van der Waals surface area contributed by atoms with Crippen molar-refractivity contribution >= 4 is 20.0 Å². The van der Waals surface area contributed by atoms with Crippen molar-refractivity contribution in [3.05, 3.63) is 35.9 Å². The van der Waals surface area contributed by atoms with Gasteiger partial charge in [0.2, 0.25) is 0 Å². The molecule has 0 spiro atoms. The number of aryl methyl sites for hydroxylation is 1. The molecule has 0 saturated carbocycles. The minimum Gasteiger partial charge on any atom is -0.481 e. The first-order valence-electron chi connectivity index (χ1n) is 7.63. The van der Waals surface area contributed by atoms with Crippen LogP contribution in [0.2, 0.25) is 0 Å². The number of carboxylic acids is 2. The third-order valence-corrected chi connectivity index (χ3v) is 5.19. The average Bonchev–Trinajstić information content (AvgIpc) is 2.49. The monoisotopic (exact) mass is 342 g/mol. The van der Waals surface area contributed by atoms with Gasteiger partial charge in [-0.05, 0) is 31.2 Å². The average molecular weight is 342 g/mol. The van der Waals surface area contributed by atoms with Crippen LogP contribution >= 0.6 is 8.03 Å². The summed E-state index contributed by atoms with van der Waals surface area (Å²) in [5.74, 6) is -3.39. The Bertz CT molecular complexity index is 531. The lowest BCUT2D eigenvalue weighted by Crippen LogP contribution is -2.26. The minimum absolute atomic E-state index is 0.120. The maximum Gasteiger partial charge on any atom is 0.307 e. The number of hydrogen-bond donors (Lipinski definition) is 3. The van der Waals surface area contributed by atoms with Gasteiger partial charge in [0.1, 0.15) is 0 Å². The van der Waals surface area contributed by atoms with Crippen LogP contribution in [-0.4, -0.2) is 32.7 Å². The molecule has 0 aliphatic heterocycles. The SMILES string of the molecule is O=C(O)CCC(C(=O)O)C(CCCCc1ccccc1)[PH](=O)O. The van der Waals surface area contributed by atoms with E-state index in [9.17, 15) is 24.2 Å². The maximum absolute atomic E-state index is 11.5. The standard InChI is InChI=1S/C16H23O6P/c17-15(18)11-10-13(16(19)20)14(23(21)22)9-5-4-8-12-6-2-1-3-7-12/h1-3,6-7,13-14,23H,4-5,8-11H2,(H,17,18)(H,19,20)(H,21,22). The molecule has 0 aliphatic rings. The van der Waals surface area contributed by atoms with Crippen molar-refractivity contribution in [1.29, 1.82) is 0 Å². The Morgan fingerprint density at radius 3 is 2.22 bits per heavy atom. The van der Waals surface area contributed by atoms with Gasteiger partial charge < -0.3 is 15.1 Å². The summed E-state index contributed by atoms with van der Waals surface area (Å²) in [5, 5.41) is 17.9. The second-order valence-corrected chi connectivity index (χ2v) is 6.97. The van der Waals surface area contributed by atoms with Crippen molar-refractivity contribution in [2.45, 2.75) is 44.2 Å². The summed E-state index contributed by atoms with van der Waals surface area (Å²) in [6, 6.07) is 9.81. The van der Waals surface area contributed by atoms with Gasteiger partial charge in [0.15, 0.2) is 8.03 Å². The van der Waals surface area contributed by atoms with Gasteiger partial charge in [-0.15, -0.1) is 0 Å². The Kier molecular flexibility index (Phi) is 8.59. The second-order valence-electron chi connectivity index (χ2n) is 5.55. The Morgan fingerprint density at radius 2 is 1.70 bits per heavy atom. The van der Waals surface area contributed by atoms with E-state index in [1.807, 2.05) is 30.3 Å². The molecule has 7 heteroatoms. The lowest BCUT2D eigenvalue weighted by Gasteiger charge is -2.21. The third-order valence-electron chi connectivity index (χ3n) is 3.86. The fourth-order valence-corrected chi connectivity index (χ4v) is 3.72. The van der Waals surface area contributed by atoms with Crippen LogP contribution < -0.4 is 0 Å². The number of unbranched alkanes of at least 4 members (excludes halogenated alkanes) is 1. The van der Waals surface area contributed by atoms with Crippen LogP contribution in [0.4, 0.5) is 0 Å². The molecular weight excluding hydrogens is 319 g/mol. The van der Waals surface area contributed by atoms with E-state index in [2.05, 4.69) is 0 Å². The summed E-state index contributed by atoms with van der Waals surface area (Å²) < 4.78 is 11.5. The lowest BCUT2D eigenvalue weighted by atomic mass is 9.95. The molecule has 0 heterocycles. The van der Waals surface area contributed by atoms with Crippen LogP contribution in [0, 0.1) is 5.92 Å². The highest BCUT2D eigenvalue weighted by atomic mass is 31.1. The predicted octanol–water partition coefficient (Wildman–Crippen LogP) is 2.80. The Labute approximate surface area is 136 Å². The van der Waals surface area contributed by atoms with Gasteiger partial charge in [0, 0.05) is 12.1 Å². The third kappa shape index (κ3) is 7.44. The highest BCUT2D eigenvalue weighted by molar-refractivity contribution is 7.39.